The summed E-state index contributed by atoms with van der Waals surface area (Å²) in [6.07, 6.45) is 0.459. The third kappa shape index (κ3) is 5.44. The standard InChI is InChI=1S/C23H23Br2N3O5/c1-12(21(30)31)33-19-10-16(25)13(8-18(19)32-5)11-26-28-20(29)15-9-14(24)6-7-17(15)27-22(28)23(2,3)4/h6-12H,1-5H3,(H,30,31)/t12-/m0/s1. The number of carboxylic acid groups (broad SMARTS) is 1. The zero-order valence-electron chi connectivity index (χ0n) is 18.7. The second-order valence-electron chi connectivity index (χ2n) is 8.33. The maximum absolute atomic E-state index is 13.3. The van der Waals surface area contributed by atoms with Crippen LogP contribution in [-0.2, 0) is 10.2 Å². The van der Waals surface area contributed by atoms with Gasteiger partial charge in [-0.05, 0) is 53.2 Å². The lowest BCUT2D eigenvalue weighted by molar-refractivity contribution is -0.144. The SMILES string of the molecule is COc1cc(C=Nn2c(C(C)(C)C)nc3ccc(Br)cc3c2=O)c(Br)cc1O[C@@H](C)C(=O)O. The average Bonchev–Trinajstić information content (AvgIpc) is 2.73. The number of ether oxygens (including phenoxy) is 2. The Labute approximate surface area is 207 Å². The average molecular weight is 581 g/mol. The van der Waals surface area contributed by atoms with Crippen molar-refractivity contribution in [1.82, 2.24) is 9.66 Å². The Morgan fingerprint density at radius 1 is 1.21 bits per heavy atom. The predicted octanol–water partition coefficient (Wildman–Crippen LogP) is 4.96. The van der Waals surface area contributed by atoms with Gasteiger partial charge >= 0.3 is 5.97 Å². The first-order valence-electron chi connectivity index (χ1n) is 9.96. The van der Waals surface area contributed by atoms with Gasteiger partial charge in [-0.3, -0.25) is 4.79 Å². The van der Waals surface area contributed by atoms with Crippen LogP contribution in [0.2, 0.25) is 0 Å². The minimum absolute atomic E-state index is 0.265. The maximum atomic E-state index is 13.3. The van der Waals surface area contributed by atoms with E-state index in [9.17, 15) is 9.59 Å². The molecule has 0 aliphatic carbocycles. The number of aromatic nitrogens is 2. The van der Waals surface area contributed by atoms with E-state index in [0.29, 0.717) is 32.5 Å². The fourth-order valence-electron chi connectivity index (χ4n) is 3.00. The van der Waals surface area contributed by atoms with Crippen LogP contribution in [0.3, 0.4) is 0 Å². The van der Waals surface area contributed by atoms with Gasteiger partial charge in [-0.2, -0.15) is 9.78 Å². The lowest BCUT2D eigenvalue weighted by atomic mass is 9.95. The number of rotatable bonds is 6. The van der Waals surface area contributed by atoms with Crippen LogP contribution in [0, 0.1) is 0 Å². The van der Waals surface area contributed by atoms with E-state index in [2.05, 4.69) is 37.0 Å². The molecule has 8 nitrogen and oxygen atoms in total. The van der Waals surface area contributed by atoms with Crippen molar-refractivity contribution in [3.8, 4) is 11.5 Å². The molecule has 1 heterocycles. The van der Waals surface area contributed by atoms with Crippen molar-refractivity contribution in [2.75, 3.05) is 7.11 Å². The highest BCUT2D eigenvalue weighted by atomic mass is 79.9. The molecule has 0 aliphatic rings. The molecule has 1 aromatic heterocycles. The highest BCUT2D eigenvalue weighted by Gasteiger charge is 2.23. The van der Waals surface area contributed by atoms with Crippen LogP contribution in [0.4, 0.5) is 0 Å². The topological polar surface area (TPSA) is 103 Å². The van der Waals surface area contributed by atoms with Crippen molar-refractivity contribution in [2.24, 2.45) is 5.10 Å². The Hall–Kier alpha value is -2.72. The van der Waals surface area contributed by atoms with Gasteiger partial charge in [0.15, 0.2) is 17.6 Å². The molecule has 3 rings (SSSR count). The molecule has 0 saturated carbocycles. The highest BCUT2D eigenvalue weighted by molar-refractivity contribution is 9.10. The fourth-order valence-corrected chi connectivity index (χ4v) is 3.79. The Kier molecular flexibility index (Phi) is 7.28. The summed E-state index contributed by atoms with van der Waals surface area (Å²) >= 11 is 6.85. The summed E-state index contributed by atoms with van der Waals surface area (Å²) in [5.74, 6) is 0.0122. The van der Waals surface area contributed by atoms with E-state index in [1.165, 1.54) is 24.9 Å². The van der Waals surface area contributed by atoms with Crippen molar-refractivity contribution in [3.05, 3.63) is 61.0 Å². The third-order valence-electron chi connectivity index (χ3n) is 4.73. The van der Waals surface area contributed by atoms with Crippen LogP contribution < -0.4 is 15.0 Å². The first kappa shape index (κ1) is 24.9. The summed E-state index contributed by atoms with van der Waals surface area (Å²) < 4.78 is 13.5. The number of fused-ring (bicyclic) bond motifs is 1. The van der Waals surface area contributed by atoms with Crippen LogP contribution in [0.1, 0.15) is 39.1 Å². The molecule has 0 aliphatic heterocycles. The Bertz CT molecular complexity index is 1310. The van der Waals surface area contributed by atoms with Crippen LogP contribution >= 0.6 is 31.9 Å². The number of benzene rings is 2. The summed E-state index contributed by atoms with van der Waals surface area (Å²) in [5.41, 5.74) is 0.456. The molecule has 3 aromatic rings. The number of halogens is 2. The van der Waals surface area contributed by atoms with Gasteiger partial charge in [-0.1, -0.05) is 36.7 Å². The quantitative estimate of drug-likeness (QED) is 0.413. The van der Waals surface area contributed by atoms with E-state index in [1.807, 2.05) is 26.8 Å². The first-order valence-corrected chi connectivity index (χ1v) is 11.5. The second-order valence-corrected chi connectivity index (χ2v) is 10.1. The van der Waals surface area contributed by atoms with Crippen molar-refractivity contribution in [3.63, 3.8) is 0 Å². The molecule has 0 saturated heterocycles. The van der Waals surface area contributed by atoms with E-state index >= 15 is 0 Å². The van der Waals surface area contributed by atoms with Gasteiger partial charge in [-0.15, -0.1) is 0 Å². The number of nitrogens with zero attached hydrogens (tertiary/aromatic N) is 3. The normalized spacial score (nSPS) is 12.8. The molecule has 0 bridgehead atoms. The zero-order chi connectivity index (χ0) is 24.5. The van der Waals surface area contributed by atoms with Gasteiger partial charge in [0.05, 0.1) is 24.2 Å². The third-order valence-corrected chi connectivity index (χ3v) is 5.91. The molecule has 2 aromatic carbocycles. The molecule has 33 heavy (non-hydrogen) atoms. The first-order chi connectivity index (χ1) is 15.4. The lowest BCUT2D eigenvalue weighted by Crippen LogP contribution is -2.29. The molecule has 1 atom stereocenters. The number of aliphatic carboxylic acids is 1. The van der Waals surface area contributed by atoms with Gasteiger partial charge in [0.25, 0.3) is 5.56 Å². The summed E-state index contributed by atoms with van der Waals surface area (Å²) in [6.45, 7) is 7.30. The van der Waals surface area contributed by atoms with Crippen molar-refractivity contribution < 1.29 is 19.4 Å². The minimum Gasteiger partial charge on any atom is -0.493 e. The molecule has 174 valence electrons. The molecule has 10 heteroatoms. The van der Waals surface area contributed by atoms with Gasteiger partial charge in [0.2, 0.25) is 0 Å². The highest BCUT2D eigenvalue weighted by Crippen LogP contribution is 2.34. The Morgan fingerprint density at radius 2 is 1.91 bits per heavy atom. The Morgan fingerprint density at radius 3 is 2.52 bits per heavy atom. The molecular formula is C23H23Br2N3O5. The predicted molar refractivity (Wildman–Crippen MR) is 134 cm³/mol. The monoisotopic (exact) mass is 579 g/mol. The van der Waals surface area contributed by atoms with E-state index in [0.717, 1.165) is 4.47 Å². The zero-order valence-corrected chi connectivity index (χ0v) is 21.9. The van der Waals surface area contributed by atoms with E-state index in [4.69, 9.17) is 19.6 Å². The molecule has 0 fully saturated rings. The molecule has 0 unspecified atom stereocenters. The number of carbonyl (C=O) groups is 1. The number of carboxylic acids is 1. The van der Waals surface area contributed by atoms with Crippen LogP contribution in [0.15, 0.2) is 49.2 Å². The summed E-state index contributed by atoms with van der Waals surface area (Å²) in [6, 6.07) is 8.60. The summed E-state index contributed by atoms with van der Waals surface area (Å²) in [5, 5.41) is 14.0. The number of hydrogen-bond donors (Lipinski definition) is 1. The molecule has 0 amide bonds. The molecule has 1 N–H and O–H groups in total. The number of methoxy groups -OCH3 is 1. The minimum atomic E-state index is -1.09. The smallest absolute Gasteiger partial charge is 0.344 e. The van der Waals surface area contributed by atoms with Gasteiger partial charge < -0.3 is 14.6 Å². The van der Waals surface area contributed by atoms with Gasteiger partial charge in [0.1, 0.15) is 5.82 Å². The summed E-state index contributed by atoms with van der Waals surface area (Å²) in [7, 11) is 1.45. The van der Waals surface area contributed by atoms with Crippen LogP contribution in [0.5, 0.6) is 11.5 Å². The second kappa shape index (κ2) is 9.64. The molecule has 0 spiro atoms. The van der Waals surface area contributed by atoms with Crippen molar-refractivity contribution in [1.29, 1.82) is 0 Å². The van der Waals surface area contributed by atoms with E-state index < -0.39 is 17.5 Å². The van der Waals surface area contributed by atoms with Gasteiger partial charge in [-0.25, -0.2) is 9.78 Å². The van der Waals surface area contributed by atoms with Gasteiger partial charge in [0, 0.05) is 19.9 Å². The summed E-state index contributed by atoms with van der Waals surface area (Å²) in [4.78, 5) is 29.1. The van der Waals surface area contributed by atoms with E-state index in [1.54, 1.807) is 24.3 Å². The Balaban J connectivity index is 2.13. The van der Waals surface area contributed by atoms with Crippen LogP contribution in [-0.4, -0.2) is 40.2 Å². The fraction of sp³-hybridized carbons (Fsp3) is 0.304. The maximum Gasteiger partial charge on any atom is 0.344 e. The number of hydrogen-bond acceptors (Lipinski definition) is 6. The van der Waals surface area contributed by atoms with Crippen LogP contribution in [0.25, 0.3) is 10.9 Å². The molecular weight excluding hydrogens is 558 g/mol. The van der Waals surface area contributed by atoms with Crippen molar-refractivity contribution >= 4 is 54.9 Å². The lowest BCUT2D eigenvalue weighted by Gasteiger charge is -2.21. The van der Waals surface area contributed by atoms with Crippen molar-refractivity contribution in [2.45, 2.75) is 39.2 Å². The molecule has 0 radical (unpaired) electrons. The van der Waals surface area contributed by atoms with E-state index in [-0.39, 0.29) is 11.3 Å². The largest absolute Gasteiger partial charge is 0.493 e.